The maximum atomic E-state index is 11.7. The number of pyridine rings is 1. The largest absolute Gasteiger partial charge is 0.364 e. The van der Waals surface area contributed by atoms with Crippen LogP contribution in [0.15, 0.2) is 18.3 Å². The van der Waals surface area contributed by atoms with Crippen molar-refractivity contribution in [2.45, 2.75) is 39.0 Å². The summed E-state index contributed by atoms with van der Waals surface area (Å²) in [6.07, 6.45) is 5.24. The highest BCUT2D eigenvalue weighted by Gasteiger charge is 2.14. The number of amides is 2. The Balaban J connectivity index is 2.51. The summed E-state index contributed by atoms with van der Waals surface area (Å²) in [6.45, 7) is 2.07. The molecule has 1 N–H and O–H groups in total. The number of imide groups is 1. The number of nitro groups is 1. The van der Waals surface area contributed by atoms with Gasteiger partial charge in [-0.1, -0.05) is 26.2 Å². The molecule has 0 bridgehead atoms. The Kier molecular flexibility index (Phi) is 6.28. The summed E-state index contributed by atoms with van der Waals surface area (Å²) in [5.74, 6) is -1.44. The molecule has 0 atom stereocenters. The fourth-order valence-electron chi connectivity index (χ4n) is 1.63. The molecular weight excluding hydrogens is 262 g/mol. The molecule has 0 aromatic carbocycles. The number of nitrogens with one attached hydrogen (secondary N) is 1. The van der Waals surface area contributed by atoms with Crippen LogP contribution < -0.4 is 5.32 Å². The molecule has 0 saturated carbocycles. The molecule has 1 rings (SSSR count). The average molecular weight is 279 g/mol. The van der Waals surface area contributed by atoms with Gasteiger partial charge in [0.25, 0.3) is 5.91 Å². The van der Waals surface area contributed by atoms with Gasteiger partial charge in [0.2, 0.25) is 5.91 Å². The Morgan fingerprint density at radius 3 is 2.75 bits per heavy atom. The van der Waals surface area contributed by atoms with Gasteiger partial charge < -0.3 is 10.1 Å². The SMILES string of the molecule is CCCCCCC(=O)NC(=O)c1ccnc([N+](=O)[O-])c1. The second-order valence-corrected chi connectivity index (χ2v) is 4.35. The van der Waals surface area contributed by atoms with Crippen LogP contribution in [0.1, 0.15) is 49.4 Å². The van der Waals surface area contributed by atoms with Crippen LogP contribution in [0.3, 0.4) is 0 Å². The zero-order valence-electron chi connectivity index (χ0n) is 11.3. The van der Waals surface area contributed by atoms with E-state index in [9.17, 15) is 19.7 Å². The zero-order chi connectivity index (χ0) is 15.0. The number of rotatable bonds is 7. The van der Waals surface area contributed by atoms with Gasteiger partial charge in [-0.3, -0.25) is 14.9 Å². The van der Waals surface area contributed by atoms with E-state index in [0.717, 1.165) is 31.7 Å². The van der Waals surface area contributed by atoms with Crippen LogP contribution in [0.2, 0.25) is 0 Å². The van der Waals surface area contributed by atoms with Crippen molar-refractivity contribution in [2.24, 2.45) is 0 Å². The number of hydrogen-bond donors (Lipinski definition) is 1. The Morgan fingerprint density at radius 2 is 2.10 bits per heavy atom. The molecule has 0 unspecified atom stereocenters. The van der Waals surface area contributed by atoms with Crippen molar-refractivity contribution in [3.8, 4) is 0 Å². The number of unbranched alkanes of at least 4 members (excludes halogenated alkanes) is 3. The molecule has 7 heteroatoms. The summed E-state index contributed by atoms with van der Waals surface area (Å²) < 4.78 is 0. The van der Waals surface area contributed by atoms with Gasteiger partial charge in [0.05, 0.1) is 5.56 Å². The van der Waals surface area contributed by atoms with E-state index in [-0.39, 0.29) is 17.9 Å². The van der Waals surface area contributed by atoms with E-state index >= 15 is 0 Å². The summed E-state index contributed by atoms with van der Waals surface area (Å²) >= 11 is 0. The van der Waals surface area contributed by atoms with Crippen molar-refractivity contribution in [2.75, 3.05) is 0 Å². The molecule has 0 spiro atoms. The molecule has 0 aliphatic heterocycles. The summed E-state index contributed by atoms with van der Waals surface area (Å²) in [5.41, 5.74) is 0.0496. The highest BCUT2D eigenvalue weighted by Crippen LogP contribution is 2.09. The van der Waals surface area contributed by atoms with Crippen molar-refractivity contribution in [3.63, 3.8) is 0 Å². The molecule has 7 nitrogen and oxygen atoms in total. The van der Waals surface area contributed by atoms with Gasteiger partial charge >= 0.3 is 5.82 Å². The minimum atomic E-state index is -0.691. The zero-order valence-corrected chi connectivity index (χ0v) is 11.3. The normalized spacial score (nSPS) is 10.1. The van der Waals surface area contributed by atoms with Crippen molar-refractivity contribution >= 4 is 17.6 Å². The lowest BCUT2D eigenvalue weighted by Crippen LogP contribution is -2.30. The molecule has 0 aliphatic carbocycles. The first kappa shape index (κ1) is 15.7. The number of carbonyl (C=O) groups excluding carboxylic acids is 2. The Hall–Kier alpha value is -2.31. The fraction of sp³-hybridized carbons (Fsp3) is 0.462. The topological polar surface area (TPSA) is 102 Å². The van der Waals surface area contributed by atoms with Crippen LogP contribution in [0.4, 0.5) is 5.82 Å². The third-order valence-electron chi connectivity index (χ3n) is 2.71. The fourth-order valence-corrected chi connectivity index (χ4v) is 1.63. The predicted molar refractivity (Wildman–Crippen MR) is 72.1 cm³/mol. The standard InChI is InChI=1S/C13H17N3O4/c1-2-3-4-5-6-12(17)15-13(18)10-7-8-14-11(9-10)16(19)20/h7-9H,2-6H2,1H3,(H,15,17,18). The number of aromatic nitrogens is 1. The molecule has 1 aromatic rings. The van der Waals surface area contributed by atoms with E-state index in [1.54, 1.807) is 0 Å². The second-order valence-electron chi connectivity index (χ2n) is 4.35. The lowest BCUT2D eigenvalue weighted by molar-refractivity contribution is -0.389. The maximum Gasteiger partial charge on any atom is 0.364 e. The van der Waals surface area contributed by atoms with E-state index in [4.69, 9.17) is 0 Å². The molecule has 2 amide bonds. The molecule has 0 radical (unpaired) electrons. The molecular formula is C13H17N3O4. The molecule has 108 valence electrons. The highest BCUT2D eigenvalue weighted by atomic mass is 16.6. The van der Waals surface area contributed by atoms with E-state index in [0.29, 0.717) is 0 Å². The van der Waals surface area contributed by atoms with Crippen LogP contribution >= 0.6 is 0 Å². The minimum Gasteiger partial charge on any atom is -0.358 e. The first-order valence-corrected chi connectivity index (χ1v) is 6.49. The third kappa shape index (κ3) is 5.13. The van der Waals surface area contributed by atoms with E-state index < -0.39 is 16.6 Å². The molecule has 0 fully saturated rings. The predicted octanol–water partition coefficient (Wildman–Crippen LogP) is 2.22. The highest BCUT2D eigenvalue weighted by molar-refractivity contribution is 6.04. The van der Waals surface area contributed by atoms with Crippen molar-refractivity contribution < 1.29 is 14.5 Å². The maximum absolute atomic E-state index is 11.7. The van der Waals surface area contributed by atoms with Crippen molar-refractivity contribution in [1.29, 1.82) is 0 Å². The van der Waals surface area contributed by atoms with Crippen LogP contribution in [0.25, 0.3) is 0 Å². The van der Waals surface area contributed by atoms with Gasteiger partial charge in [-0.15, -0.1) is 0 Å². The van der Waals surface area contributed by atoms with Crippen LogP contribution in [-0.4, -0.2) is 21.7 Å². The Labute approximate surface area is 116 Å². The summed E-state index contributed by atoms with van der Waals surface area (Å²) in [6, 6.07) is 2.37. The van der Waals surface area contributed by atoms with Gasteiger partial charge in [-0.05, 0) is 22.4 Å². The van der Waals surface area contributed by atoms with Gasteiger partial charge in [0, 0.05) is 12.5 Å². The smallest absolute Gasteiger partial charge is 0.358 e. The summed E-state index contributed by atoms with van der Waals surface area (Å²) in [5, 5.41) is 12.8. The third-order valence-corrected chi connectivity index (χ3v) is 2.71. The first-order chi connectivity index (χ1) is 9.54. The minimum absolute atomic E-state index is 0.0496. The van der Waals surface area contributed by atoms with Crippen molar-refractivity contribution in [3.05, 3.63) is 34.0 Å². The first-order valence-electron chi connectivity index (χ1n) is 6.49. The molecule has 1 aromatic heterocycles. The van der Waals surface area contributed by atoms with Crippen molar-refractivity contribution in [1.82, 2.24) is 10.3 Å². The van der Waals surface area contributed by atoms with Gasteiger partial charge in [-0.2, -0.15) is 0 Å². The Bertz CT molecular complexity index is 502. The summed E-state index contributed by atoms with van der Waals surface area (Å²) in [7, 11) is 0. The van der Waals surface area contributed by atoms with E-state index in [2.05, 4.69) is 17.2 Å². The van der Waals surface area contributed by atoms with Gasteiger partial charge in [-0.25, -0.2) is 0 Å². The molecule has 0 aliphatic rings. The lowest BCUT2D eigenvalue weighted by atomic mass is 10.1. The molecule has 0 saturated heterocycles. The van der Waals surface area contributed by atoms with Crippen LogP contribution in [-0.2, 0) is 4.79 Å². The van der Waals surface area contributed by atoms with Gasteiger partial charge in [0.15, 0.2) is 0 Å². The second kappa shape index (κ2) is 7.98. The average Bonchev–Trinajstić information content (AvgIpc) is 2.43. The van der Waals surface area contributed by atoms with Crippen LogP contribution in [0.5, 0.6) is 0 Å². The summed E-state index contributed by atoms with van der Waals surface area (Å²) in [4.78, 5) is 36.6. The molecule has 20 heavy (non-hydrogen) atoms. The number of nitrogens with zero attached hydrogens (tertiary/aromatic N) is 2. The van der Waals surface area contributed by atoms with E-state index in [1.807, 2.05) is 0 Å². The van der Waals surface area contributed by atoms with Crippen LogP contribution in [0, 0.1) is 10.1 Å². The molecule has 1 heterocycles. The lowest BCUT2D eigenvalue weighted by Gasteiger charge is -2.03. The van der Waals surface area contributed by atoms with E-state index in [1.165, 1.54) is 12.3 Å². The quantitative estimate of drug-likeness (QED) is 0.468. The number of carbonyl (C=O) groups is 2. The Morgan fingerprint density at radius 1 is 1.35 bits per heavy atom. The van der Waals surface area contributed by atoms with Gasteiger partial charge in [0.1, 0.15) is 6.20 Å². The number of hydrogen-bond acceptors (Lipinski definition) is 5. The monoisotopic (exact) mass is 279 g/mol.